The number of nitrogens with zero attached hydrogens (tertiary/aromatic N) is 2. The molecular weight excluding hydrogens is 132 g/mol. The standard InChI is InChI=1S/C6H12N2O2/c1-3-5(7-9)6(4-2)8-10/h5-6H,3-4H2,1-2H3. The lowest BCUT2D eigenvalue weighted by Gasteiger charge is -2.09. The molecule has 2 unspecified atom stereocenters. The molecule has 0 aromatic carbocycles. The van der Waals surface area contributed by atoms with Crippen molar-refractivity contribution < 1.29 is 0 Å². The van der Waals surface area contributed by atoms with Gasteiger partial charge in [0.15, 0.2) is 0 Å². The van der Waals surface area contributed by atoms with Gasteiger partial charge in [-0.15, -0.1) is 0 Å². The molecule has 10 heavy (non-hydrogen) atoms. The summed E-state index contributed by atoms with van der Waals surface area (Å²) >= 11 is 0. The Hall–Kier alpha value is -0.800. The number of nitroso groups, excluding NO2 is 2. The summed E-state index contributed by atoms with van der Waals surface area (Å²) in [5.74, 6) is 0. The van der Waals surface area contributed by atoms with E-state index < -0.39 is 12.1 Å². The first kappa shape index (κ1) is 9.20. The monoisotopic (exact) mass is 144 g/mol. The van der Waals surface area contributed by atoms with Gasteiger partial charge in [-0.05, 0) is 12.8 Å². The van der Waals surface area contributed by atoms with Gasteiger partial charge in [0.2, 0.25) is 0 Å². The smallest absolute Gasteiger partial charge is 0.117 e. The lowest BCUT2D eigenvalue weighted by Crippen LogP contribution is -2.19. The molecule has 0 saturated carbocycles. The Balaban J connectivity index is 3.93. The second-order valence-electron chi connectivity index (χ2n) is 2.16. The van der Waals surface area contributed by atoms with Crippen LogP contribution in [0.25, 0.3) is 0 Å². The maximum absolute atomic E-state index is 10.0. The van der Waals surface area contributed by atoms with Crippen molar-refractivity contribution in [2.45, 2.75) is 38.8 Å². The van der Waals surface area contributed by atoms with Gasteiger partial charge in [0.1, 0.15) is 12.1 Å². The van der Waals surface area contributed by atoms with Gasteiger partial charge >= 0.3 is 0 Å². The van der Waals surface area contributed by atoms with Gasteiger partial charge in [-0.2, -0.15) is 9.81 Å². The molecule has 0 N–H and O–H groups in total. The van der Waals surface area contributed by atoms with E-state index in [-0.39, 0.29) is 0 Å². The van der Waals surface area contributed by atoms with Gasteiger partial charge in [0.25, 0.3) is 0 Å². The highest BCUT2D eigenvalue weighted by atomic mass is 16.3. The highest BCUT2D eigenvalue weighted by Crippen LogP contribution is 2.10. The van der Waals surface area contributed by atoms with Crippen molar-refractivity contribution in [3.8, 4) is 0 Å². The highest BCUT2D eigenvalue weighted by molar-refractivity contribution is 4.78. The second-order valence-corrected chi connectivity index (χ2v) is 2.16. The van der Waals surface area contributed by atoms with Crippen molar-refractivity contribution in [1.82, 2.24) is 0 Å². The lowest BCUT2D eigenvalue weighted by molar-refractivity contribution is 0.499. The first-order valence-electron chi connectivity index (χ1n) is 3.45. The third-order valence-corrected chi connectivity index (χ3v) is 1.55. The first-order valence-corrected chi connectivity index (χ1v) is 3.45. The van der Waals surface area contributed by atoms with Crippen LogP contribution >= 0.6 is 0 Å². The molecule has 0 heterocycles. The highest BCUT2D eigenvalue weighted by Gasteiger charge is 2.18. The summed E-state index contributed by atoms with van der Waals surface area (Å²) in [4.78, 5) is 20.1. The molecular formula is C6H12N2O2. The van der Waals surface area contributed by atoms with Crippen LogP contribution < -0.4 is 0 Å². The molecule has 0 fully saturated rings. The summed E-state index contributed by atoms with van der Waals surface area (Å²) < 4.78 is 0. The zero-order valence-electron chi connectivity index (χ0n) is 6.28. The number of hydrogen-bond acceptors (Lipinski definition) is 4. The molecule has 0 saturated heterocycles. The Morgan fingerprint density at radius 2 is 1.30 bits per heavy atom. The van der Waals surface area contributed by atoms with E-state index in [0.717, 1.165) is 0 Å². The van der Waals surface area contributed by atoms with Crippen LogP contribution in [-0.4, -0.2) is 12.1 Å². The van der Waals surface area contributed by atoms with Crippen LogP contribution in [0, 0.1) is 9.81 Å². The van der Waals surface area contributed by atoms with Gasteiger partial charge in [-0.25, -0.2) is 0 Å². The average Bonchev–Trinajstić information content (AvgIpc) is 2.00. The van der Waals surface area contributed by atoms with E-state index in [4.69, 9.17) is 0 Å². The fraction of sp³-hybridized carbons (Fsp3) is 1.00. The van der Waals surface area contributed by atoms with Crippen LogP contribution in [0.15, 0.2) is 10.4 Å². The first-order chi connectivity index (χ1) is 4.79. The molecule has 0 rings (SSSR count). The van der Waals surface area contributed by atoms with Gasteiger partial charge < -0.3 is 0 Å². The fourth-order valence-corrected chi connectivity index (χ4v) is 0.834. The van der Waals surface area contributed by atoms with E-state index >= 15 is 0 Å². The zero-order valence-corrected chi connectivity index (χ0v) is 6.28. The molecule has 58 valence electrons. The third-order valence-electron chi connectivity index (χ3n) is 1.55. The number of rotatable bonds is 5. The molecule has 0 aliphatic heterocycles. The SMILES string of the molecule is CCC(N=O)C(CC)N=O. The van der Waals surface area contributed by atoms with Crippen LogP contribution in [0.5, 0.6) is 0 Å². The summed E-state index contributed by atoms with van der Waals surface area (Å²) in [7, 11) is 0. The van der Waals surface area contributed by atoms with Crippen molar-refractivity contribution in [3.05, 3.63) is 9.81 Å². The summed E-state index contributed by atoms with van der Waals surface area (Å²) in [6, 6.07) is -0.856. The summed E-state index contributed by atoms with van der Waals surface area (Å²) in [6.45, 7) is 3.64. The van der Waals surface area contributed by atoms with Crippen LogP contribution in [-0.2, 0) is 0 Å². The van der Waals surface area contributed by atoms with Crippen LogP contribution in [0.2, 0.25) is 0 Å². The minimum Gasteiger partial charge on any atom is -0.150 e. The Bertz CT molecular complexity index is 102. The average molecular weight is 144 g/mol. The van der Waals surface area contributed by atoms with E-state index in [0.29, 0.717) is 12.8 Å². The lowest BCUT2D eigenvalue weighted by atomic mass is 10.1. The van der Waals surface area contributed by atoms with Crippen molar-refractivity contribution >= 4 is 0 Å². The molecule has 4 heteroatoms. The van der Waals surface area contributed by atoms with Gasteiger partial charge in [-0.1, -0.05) is 24.2 Å². The molecule has 0 radical (unpaired) electrons. The second kappa shape index (κ2) is 5.02. The molecule has 0 spiro atoms. The molecule has 0 bridgehead atoms. The molecule has 0 aliphatic rings. The van der Waals surface area contributed by atoms with E-state index in [2.05, 4.69) is 10.4 Å². The topological polar surface area (TPSA) is 58.9 Å². The summed E-state index contributed by atoms with van der Waals surface area (Å²) in [5, 5.41) is 5.61. The van der Waals surface area contributed by atoms with Gasteiger partial charge in [-0.3, -0.25) is 0 Å². The van der Waals surface area contributed by atoms with Crippen molar-refractivity contribution in [2.24, 2.45) is 10.4 Å². The Morgan fingerprint density at radius 1 is 1.00 bits per heavy atom. The van der Waals surface area contributed by atoms with Crippen molar-refractivity contribution in [2.75, 3.05) is 0 Å². The third kappa shape index (κ3) is 2.21. The largest absolute Gasteiger partial charge is 0.150 e. The zero-order chi connectivity index (χ0) is 7.98. The minimum absolute atomic E-state index is 0.428. The molecule has 0 aromatic heterocycles. The van der Waals surface area contributed by atoms with Crippen LogP contribution in [0.1, 0.15) is 26.7 Å². The number of hydrogen-bond donors (Lipinski definition) is 0. The minimum atomic E-state index is -0.428. The molecule has 2 atom stereocenters. The molecule has 0 aliphatic carbocycles. The normalized spacial score (nSPS) is 15.8. The van der Waals surface area contributed by atoms with Crippen LogP contribution in [0.3, 0.4) is 0 Å². The van der Waals surface area contributed by atoms with E-state index in [9.17, 15) is 9.81 Å². The predicted octanol–water partition coefficient (Wildman–Crippen LogP) is 2.08. The molecule has 4 nitrogen and oxygen atoms in total. The molecule has 0 aromatic rings. The Labute approximate surface area is 60.0 Å². The molecule has 0 amide bonds. The van der Waals surface area contributed by atoms with Crippen molar-refractivity contribution in [3.63, 3.8) is 0 Å². The van der Waals surface area contributed by atoms with Gasteiger partial charge in [0.05, 0.1) is 0 Å². The maximum Gasteiger partial charge on any atom is 0.117 e. The quantitative estimate of drug-likeness (QED) is 0.554. The van der Waals surface area contributed by atoms with E-state index in [1.807, 2.05) is 13.8 Å². The summed E-state index contributed by atoms with van der Waals surface area (Å²) in [6.07, 6.45) is 1.18. The van der Waals surface area contributed by atoms with E-state index in [1.165, 1.54) is 0 Å². The summed E-state index contributed by atoms with van der Waals surface area (Å²) in [5.41, 5.74) is 0. The Kier molecular flexibility index (Phi) is 4.62. The fourth-order valence-electron chi connectivity index (χ4n) is 0.834. The predicted molar refractivity (Wildman–Crippen MR) is 39.7 cm³/mol. The Morgan fingerprint density at radius 3 is 1.40 bits per heavy atom. The van der Waals surface area contributed by atoms with Gasteiger partial charge in [0, 0.05) is 0 Å². The van der Waals surface area contributed by atoms with E-state index in [1.54, 1.807) is 0 Å². The van der Waals surface area contributed by atoms with Crippen molar-refractivity contribution in [1.29, 1.82) is 0 Å². The van der Waals surface area contributed by atoms with Crippen LogP contribution in [0.4, 0.5) is 0 Å². The maximum atomic E-state index is 10.0.